The maximum Gasteiger partial charge on any atom is 0.336 e. The summed E-state index contributed by atoms with van der Waals surface area (Å²) in [6.07, 6.45) is 2.17. The van der Waals surface area contributed by atoms with E-state index < -0.39 is 16.0 Å². The highest BCUT2D eigenvalue weighted by Crippen LogP contribution is 2.21. The molecule has 0 aromatic heterocycles. The average molecular weight is 329 g/mol. The van der Waals surface area contributed by atoms with Crippen LogP contribution >= 0.6 is 11.8 Å². The van der Waals surface area contributed by atoms with E-state index in [4.69, 9.17) is 0 Å². The molecular formula is C14H19NO4S2. The van der Waals surface area contributed by atoms with Gasteiger partial charge < -0.3 is 5.11 Å². The first kappa shape index (κ1) is 16.3. The molecule has 1 aliphatic rings. The van der Waals surface area contributed by atoms with Gasteiger partial charge in [-0.3, -0.25) is 0 Å². The summed E-state index contributed by atoms with van der Waals surface area (Å²) in [6, 6.07) is 4.25. The zero-order valence-electron chi connectivity index (χ0n) is 11.8. The van der Waals surface area contributed by atoms with Gasteiger partial charge >= 0.3 is 5.97 Å². The molecule has 0 spiro atoms. The lowest BCUT2D eigenvalue weighted by molar-refractivity contribution is 0.0695. The van der Waals surface area contributed by atoms with Crippen molar-refractivity contribution in [1.82, 2.24) is 4.72 Å². The number of aryl methyl sites for hydroxylation is 1. The van der Waals surface area contributed by atoms with Crippen molar-refractivity contribution >= 4 is 27.8 Å². The number of thioether (sulfide) groups is 1. The van der Waals surface area contributed by atoms with Gasteiger partial charge in [-0.25, -0.2) is 17.9 Å². The largest absolute Gasteiger partial charge is 0.478 e. The Morgan fingerprint density at radius 1 is 1.38 bits per heavy atom. The van der Waals surface area contributed by atoms with Crippen LogP contribution in [0, 0.1) is 0 Å². The van der Waals surface area contributed by atoms with Gasteiger partial charge in [-0.2, -0.15) is 11.8 Å². The van der Waals surface area contributed by atoms with Crippen molar-refractivity contribution in [3.05, 3.63) is 29.3 Å². The topological polar surface area (TPSA) is 83.5 Å². The monoisotopic (exact) mass is 329 g/mol. The van der Waals surface area contributed by atoms with Gasteiger partial charge in [-0.05, 0) is 48.5 Å². The first-order valence-corrected chi connectivity index (χ1v) is 9.54. The highest BCUT2D eigenvalue weighted by molar-refractivity contribution is 7.99. The summed E-state index contributed by atoms with van der Waals surface area (Å²) >= 11 is 1.82. The molecule has 0 saturated carbocycles. The van der Waals surface area contributed by atoms with Crippen molar-refractivity contribution in [1.29, 1.82) is 0 Å². The number of sulfonamides is 1. The number of aromatic carboxylic acids is 1. The number of rotatable bonds is 5. The minimum absolute atomic E-state index is 0.0235. The van der Waals surface area contributed by atoms with Gasteiger partial charge in [0.25, 0.3) is 0 Å². The minimum Gasteiger partial charge on any atom is -0.478 e. The van der Waals surface area contributed by atoms with Crippen molar-refractivity contribution in [2.24, 2.45) is 0 Å². The van der Waals surface area contributed by atoms with Crippen LogP contribution in [0.2, 0.25) is 0 Å². The van der Waals surface area contributed by atoms with Gasteiger partial charge in [-0.15, -0.1) is 0 Å². The van der Waals surface area contributed by atoms with Gasteiger partial charge in [0, 0.05) is 6.04 Å². The van der Waals surface area contributed by atoms with Crippen LogP contribution in [0.4, 0.5) is 0 Å². The second kappa shape index (κ2) is 6.81. The van der Waals surface area contributed by atoms with Crippen LogP contribution in [-0.2, 0) is 16.4 Å². The quantitative estimate of drug-likeness (QED) is 0.864. The van der Waals surface area contributed by atoms with Crippen LogP contribution < -0.4 is 4.72 Å². The lowest BCUT2D eigenvalue weighted by atomic mass is 10.1. The third kappa shape index (κ3) is 3.99. The van der Waals surface area contributed by atoms with Crippen LogP contribution in [0.25, 0.3) is 0 Å². The van der Waals surface area contributed by atoms with E-state index in [9.17, 15) is 18.3 Å². The summed E-state index contributed by atoms with van der Waals surface area (Å²) in [4.78, 5) is 11.3. The Labute approximate surface area is 129 Å². The Kier molecular flexibility index (Phi) is 5.29. The highest BCUT2D eigenvalue weighted by Gasteiger charge is 2.23. The molecule has 1 fully saturated rings. The maximum absolute atomic E-state index is 12.4. The second-order valence-corrected chi connectivity index (χ2v) is 7.92. The summed E-state index contributed by atoms with van der Waals surface area (Å²) in [5, 5.41) is 9.19. The molecule has 0 bridgehead atoms. The molecule has 1 aliphatic heterocycles. The predicted octanol–water partition coefficient (Wildman–Crippen LogP) is 2.12. The molecule has 1 aromatic rings. The van der Waals surface area contributed by atoms with Crippen molar-refractivity contribution < 1.29 is 18.3 Å². The van der Waals surface area contributed by atoms with Crippen molar-refractivity contribution in [3.63, 3.8) is 0 Å². The summed E-state index contributed by atoms with van der Waals surface area (Å²) < 4.78 is 27.4. The Bertz CT molecular complexity index is 622. The molecule has 1 heterocycles. The van der Waals surface area contributed by atoms with E-state index in [0.29, 0.717) is 12.0 Å². The SMILES string of the molecule is CCc1ccc(S(=O)(=O)NC2CCSCC2)cc1C(=O)O. The number of benzene rings is 1. The van der Waals surface area contributed by atoms with Gasteiger partial charge in [0.15, 0.2) is 0 Å². The zero-order valence-corrected chi connectivity index (χ0v) is 13.5. The molecular weight excluding hydrogens is 310 g/mol. The molecule has 0 amide bonds. The van der Waals surface area contributed by atoms with Crippen molar-refractivity contribution in [2.75, 3.05) is 11.5 Å². The lowest BCUT2D eigenvalue weighted by Gasteiger charge is -2.22. The van der Waals surface area contributed by atoms with E-state index in [2.05, 4.69) is 4.72 Å². The first-order chi connectivity index (χ1) is 9.94. The van der Waals surface area contributed by atoms with Crippen LogP contribution in [0.3, 0.4) is 0 Å². The van der Waals surface area contributed by atoms with E-state index in [0.717, 1.165) is 24.3 Å². The van der Waals surface area contributed by atoms with Crippen LogP contribution in [-0.4, -0.2) is 37.0 Å². The molecule has 21 heavy (non-hydrogen) atoms. The van der Waals surface area contributed by atoms with Gasteiger partial charge in [0.1, 0.15) is 0 Å². The normalized spacial score (nSPS) is 16.8. The first-order valence-electron chi connectivity index (χ1n) is 6.90. The van der Waals surface area contributed by atoms with Gasteiger partial charge in [-0.1, -0.05) is 13.0 Å². The number of hydrogen-bond donors (Lipinski definition) is 2. The molecule has 2 rings (SSSR count). The Balaban J connectivity index is 2.27. The molecule has 7 heteroatoms. The maximum atomic E-state index is 12.4. The van der Waals surface area contributed by atoms with Crippen LogP contribution in [0.15, 0.2) is 23.1 Å². The van der Waals surface area contributed by atoms with E-state index in [1.807, 2.05) is 18.7 Å². The standard InChI is InChI=1S/C14H19NO4S2/c1-2-10-3-4-12(9-13(10)14(16)17)21(18,19)15-11-5-7-20-8-6-11/h3-4,9,11,15H,2,5-8H2,1H3,(H,16,17). The number of hydrogen-bond acceptors (Lipinski definition) is 4. The van der Waals surface area contributed by atoms with Gasteiger partial charge in [0.05, 0.1) is 10.5 Å². The van der Waals surface area contributed by atoms with Crippen LogP contribution in [0.5, 0.6) is 0 Å². The fourth-order valence-electron chi connectivity index (χ4n) is 2.33. The summed E-state index contributed by atoms with van der Waals surface area (Å²) in [6.45, 7) is 1.84. The summed E-state index contributed by atoms with van der Waals surface area (Å²) in [7, 11) is -3.66. The molecule has 2 N–H and O–H groups in total. The molecule has 0 atom stereocenters. The molecule has 1 aromatic carbocycles. The van der Waals surface area contributed by atoms with Crippen molar-refractivity contribution in [3.8, 4) is 0 Å². The van der Waals surface area contributed by atoms with E-state index >= 15 is 0 Å². The predicted molar refractivity (Wildman–Crippen MR) is 83.4 cm³/mol. The third-order valence-electron chi connectivity index (χ3n) is 3.55. The molecule has 116 valence electrons. The Morgan fingerprint density at radius 2 is 2.05 bits per heavy atom. The molecule has 1 saturated heterocycles. The van der Waals surface area contributed by atoms with Crippen LogP contribution in [0.1, 0.15) is 35.7 Å². The van der Waals surface area contributed by atoms with Crippen molar-refractivity contribution in [2.45, 2.75) is 37.1 Å². The highest BCUT2D eigenvalue weighted by atomic mass is 32.2. The molecule has 0 unspecified atom stereocenters. The number of carbonyl (C=O) groups is 1. The van der Waals surface area contributed by atoms with E-state index in [1.54, 1.807) is 6.07 Å². The third-order valence-corrected chi connectivity index (χ3v) is 6.11. The molecule has 0 radical (unpaired) electrons. The smallest absolute Gasteiger partial charge is 0.336 e. The fourth-order valence-corrected chi connectivity index (χ4v) is 4.77. The molecule has 0 aliphatic carbocycles. The average Bonchev–Trinajstić information content (AvgIpc) is 2.47. The zero-order chi connectivity index (χ0) is 15.5. The summed E-state index contributed by atoms with van der Waals surface area (Å²) in [5.41, 5.74) is 0.690. The number of carboxylic acid groups (broad SMARTS) is 1. The second-order valence-electron chi connectivity index (χ2n) is 4.99. The Hall–Kier alpha value is -1.05. The Morgan fingerprint density at radius 3 is 2.62 bits per heavy atom. The van der Waals surface area contributed by atoms with E-state index in [-0.39, 0.29) is 16.5 Å². The number of carboxylic acids is 1. The number of nitrogens with one attached hydrogen (secondary N) is 1. The molecule has 5 nitrogen and oxygen atoms in total. The lowest BCUT2D eigenvalue weighted by Crippen LogP contribution is -2.37. The minimum atomic E-state index is -3.66. The van der Waals surface area contributed by atoms with E-state index in [1.165, 1.54) is 12.1 Å². The van der Waals surface area contributed by atoms with Gasteiger partial charge in [0.2, 0.25) is 10.0 Å². The summed E-state index contributed by atoms with van der Waals surface area (Å²) in [5.74, 6) is 0.794. The fraction of sp³-hybridized carbons (Fsp3) is 0.500.